The van der Waals surface area contributed by atoms with Crippen LogP contribution in [0.3, 0.4) is 0 Å². The Morgan fingerprint density at radius 1 is 1.02 bits per heavy atom. The molecule has 4 aromatic rings. The maximum Gasteiger partial charge on any atom is 0.573 e. The zero-order chi connectivity index (χ0) is 30.4. The molecule has 1 fully saturated rings. The van der Waals surface area contributed by atoms with E-state index in [9.17, 15) is 22.8 Å². The number of carbonyl (C=O) groups excluding carboxylic acids is 1. The summed E-state index contributed by atoms with van der Waals surface area (Å²) in [6, 6.07) is 16.0. The van der Waals surface area contributed by atoms with Crippen molar-refractivity contribution in [3.63, 3.8) is 0 Å². The molecule has 43 heavy (non-hydrogen) atoms. The highest BCUT2D eigenvalue weighted by atomic mass is 19.4. The normalized spacial score (nSPS) is 13.5. The first-order valence-corrected chi connectivity index (χ1v) is 13.6. The molecule has 1 aliphatic rings. The lowest BCUT2D eigenvalue weighted by molar-refractivity contribution is -0.274. The van der Waals surface area contributed by atoms with Crippen LogP contribution in [-0.4, -0.2) is 58.1 Å². The Kier molecular flexibility index (Phi) is 8.80. The Morgan fingerprint density at radius 2 is 1.77 bits per heavy atom. The van der Waals surface area contributed by atoms with Crippen LogP contribution in [0.4, 0.5) is 18.9 Å². The number of alkyl halides is 3. The second-order valence-electron chi connectivity index (χ2n) is 9.97. The molecule has 0 saturated carbocycles. The summed E-state index contributed by atoms with van der Waals surface area (Å²) in [5, 5.41) is 3.93. The number of benzene rings is 2. The summed E-state index contributed by atoms with van der Waals surface area (Å²) in [7, 11) is 0. The number of piperazine rings is 1. The van der Waals surface area contributed by atoms with E-state index in [2.05, 4.69) is 25.7 Å². The van der Waals surface area contributed by atoms with Crippen LogP contribution in [0.5, 0.6) is 5.75 Å². The zero-order valence-electron chi connectivity index (χ0n) is 23.1. The van der Waals surface area contributed by atoms with Crippen molar-refractivity contribution in [3.05, 3.63) is 82.8 Å². The van der Waals surface area contributed by atoms with Crippen LogP contribution in [0.15, 0.2) is 76.2 Å². The van der Waals surface area contributed by atoms with Crippen LogP contribution >= 0.6 is 0 Å². The third-order valence-corrected chi connectivity index (χ3v) is 6.98. The lowest BCUT2D eigenvalue weighted by Crippen LogP contribution is -2.48. The topological polar surface area (TPSA) is 93.7 Å². The standard InChI is InChI=1S/C31H28F3N5O4/c1-2-3-4-8-27(40)38-17-15-37(16-18-38)25-7-5-6-22(19-25)20-39-21-24(11-14-28(39)41)30-35-29(36-43-30)23-9-12-26(13-10-23)42-31(32,33)34/h1,5-7,9-14,19,21H,3-4,8,15-18,20H2. The Balaban J connectivity index is 1.24. The Labute approximate surface area is 245 Å². The molecule has 1 amide bonds. The Morgan fingerprint density at radius 3 is 2.49 bits per heavy atom. The number of hydrogen-bond donors (Lipinski definition) is 0. The van der Waals surface area contributed by atoms with E-state index >= 15 is 0 Å². The maximum absolute atomic E-state index is 12.7. The van der Waals surface area contributed by atoms with Crippen LogP contribution in [0.1, 0.15) is 24.8 Å². The van der Waals surface area contributed by atoms with Gasteiger partial charge < -0.3 is 23.6 Å². The summed E-state index contributed by atoms with van der Waals surface area (Å²) in [6.45, 7) is 2.99. The van der Waals surface area contributed by atoms with Crippen molar-refractivity contribution in [2.24, 2.45) is 0 Å². The molecular weight excluding hydrogens is 563 g/mol. The highest BCUT2D eigenvalue weighted by Crippen LogP contribution is 2.27. The molecule has 0 atom stereocenters. The summed E-state index contributed by atoms with van der Waals surface area (Å²) < 4.78 is 48.1. The van der Waals surface area contributed by atoms with Crippen molar-refractivity contribution in [2.75, 3.05) is 31.1 Å². The second-order valence-corrected chi connectivity index (χ2v) is 9.97. The summed E-state index contributed by atoms with van der Waals surface area (Å²) in [5.41, 5.74) is 2.65. The van der Waals surface area contributed by atoms with E-state index in [0.29, 0.717) is 63.1 Å². The summed E-state index contributed by atoms with van der Waals surface area (Å²) >= 11 is 0. The molecule has 5 rings (SSSR count). The van der Waals surface area contributed by atoms with Gasteiger partial charge in [-0.2, -0.15) is 4.98 Å². The van der Waals surface area contributed by atoms with Gasteiger partial charge in [-0.05, 0) is 54.4 Å². The average molecular weight is 592 g/mol. The number of rotatable bonds is 9. The highest BCUT2D eigenvalue weighted by Gasteiger charge is 2.31. The van der Waals surface area contributed by atoms with Gasteiger partial charge in [0.25, 0.3) is 11.4 Å². The molecule has 12 heteroatoms. The fourth-order valence-electron chi connectivity index (χ4n) is 4.81. The van der Waals surface area contributed by atoms with Gasteiger partial charge in [-0.3, -0.25) is 9.59 Å². The number of halogens is 3. The lowest BCUT2D eigenvalue weighted by Gasteiger charge is -2.36. The number of unbranched alkanes of at least 4 members (excludes halogenated alkanes) is 1. The quantitative estimate of drug-likeness (QED) is 0.201. The van der Waals surface area contributed by atoms with E-state index in [0.717, 1.165) is 23.4 Å². The predicted octanol–water partition coefficient (Wildman–Crippen LogP) is 4.96. The van der Waals surface area contributed by atoms with Gasteiger partial charge in [0.15, 0.2) is 0 Å². The molecule has 0 N–H and O–H groups in total. The molecule has 0 aliphatic carbocycles. The predicted molar refractivity (Wildman–Crippen MR) is 153 cm³/mol. The molecule has 2 aromatic heterocycles. The highest BCUT2D eigenvalue weighted by molar-refractivity contribution is 5.76. The van der Waals surface area contributed by atoms with Gasteiger partial charge in [-0.1, -0.05) is 17.3 Å². The largest absolute Gasteiger partial charge is 0.573 e. The minimum Gasteiger partial charge on any atom is -0.406 e. The molecule has 0 spiro atoms. The molecule has 3 heterocycles. The van der Waals surface area contributed by atoms with Crippen LogP contribution < -0.4 is 15.2 Å². The molecule has 1 saturated heterocycles. The van der Waals surface area contributed by atoms with E-state index in [1.807, 2.05) is 29.2 Å². The molecule has 1 aliphatic heterocycles. The second kappa shape index (κ2) is 12.9. The van der Waals surface area contributed by atoms with Crippen molar-refractivity contribution >= 4 is 11.6 Å². The third kappa shape index (κ3) is 7.62. The molecule has 222 valence electrons. The van der Waals surface area contributed by atoms with Gasteiger partial charge in [0.1, 0.15) is 5.75 Å². The first-order chi connectivity index (χ1) is 20.7. The Bertz CT molecular complexity index is 1670. The molecule has 0 unspecified atom stereocenters. The van der Waals surface area contributed by atoms with Gasteiger partial charge in [0, 0.05) is 62.5 Å². The molecule has 0 radical (unpaired) electrons. The van der Waals surface area contributed by atoms with Gasteiger partial charge >= 0.3 is 6.36 Å². The SMILES string of the molecule is C#CCCCC(=O)N1CCN(c2cccc(Cn3cc(-c4nc(-c5ccc(OC(F)(F)F)cc5)no4)ccc3=O)c2)CC1. The number of pyridine rings is 1. The maximum atomic E-state index is 12.7. The lowest BCUT2D eigenvalue weighted by atomic mass is 10.1. The fraction of sp³-hybridized carbons (Fsp3) is 0.290. The molecule has 0 bridgehead atoms. The number of ether oxygens (including phenoxy) is 1. The van der Waals surface area contributed by atoms with Crippen LogP contribution in [0, 0.1) is 12.3 Å². The third-order valence-electron chi connectivity index (χ3n) is 6.98. The number of carbonyl (C=O) groups is 1. The summed E-state index contributed by atoms with van der Waals surface area (Å²) in [5.74, 6) is 2.66. The number of amides is 1. The number of nitrogens with zero attached hydrogens (tertiary/aromatic N) is 5. The van der Waals surface area contributed by atoms with Crippen molar-refractivity contribution in [2.45, 2.75) is 32.2 Å². The van der Waals surface area contributed by atoms with Crippen molar-refractivity contribution in [1.29, 1.82) is 0 Å². The van der Waals surface area contributed by atoms with Crippen LogP contribution in [0.25, 0.3) is 22.8 Å². The van der Waals surface area contributed by atoms with Crippen molar-refractivity contribution in [1.82, 2.24) is 19.6 Å². The monoisotopic (exact) mass is 591 g/mol. The zero-order valence-corrected chi connectivity index (χ0v) is 23.1. The van der Waals surface area contributed by atoms with Gasteiger partial charge in [0.05, 0.1) is 12.1 Å². The van der Waals surface area contributed by atoms with E-state index in [1.165, 1.54) is 22.8 Å². The minimum atomic E-state index is -4.79. The van der Waals surface area contributed by atoms with E-state index in [1.54, 1.807) is 12.3 Å². The number of aromatic nitrogens is 3. The van der Waals surface area contributed by atoms with Gasteiger partial charge in [-0.15, -0.1) is 25.5 Å². The van der Waals surface area contributed by atoms with Crippen LogP contribution in [-0.2, 0) is 11.3 Å². The minimum absolute atomic E-state index is 0.129. The smallest absolute Gasteiger partial charge is 0.406 e. The number of terminal acetylenes is 1. The van der Waals surface area contributed by atoms with Crippen molar-refractivity contribution < 1.29 is 27.2 Å². The average Bonchev–Trinajstić information content (AvgIpc) is 3.49. The Hall–Kier alpha value is -5.05. The van der Waals surface area contributed by atoms with Crippen LogP contribution in [0.2, 0.25) is 0 Å². The first-order valence-electron chi connectivity index (χ1n) is 13.6. The van der Waals surface area contributed by atoms with Crippen molar-refractivity contribution in [3.8, 4) is 40.9 Å². The fourth-order valence-corrected chi connectivity index (χ4v) is 4.81. The molecular formula is C31H28F3N5O4. The van der Waals surface area contributed by atoms with E-state index in [-0.39, 0.29) is 28.9 Å². The first kappa shape index (κ1) is 29.4. The molecule has 9 nitrogen and oxygen atoms in total. The van der Waals surface area contributed by atoms with Gasteiger partial charge in [0.2, 0.25) is 11.7 Å². The summed E-state index contributed by atoms with van der Waals surface area (Å²) in [4.78, 5) is 33.5. The van der Waals surface area contributed by atoms with E-state index < -0.39 is 6.36 Å². The molecule has 2 aromatic carbocycles. The summed E-state index contributed by atoms with van der Waals surface area (Å²) in [6.07, 6.45) is 3.88. The number of anilines is 1. The van der Waals surface area contributed by atoms with Gasteiger partial charge in [-0.25, -0.2) is 0 Å². The number of hydrogen-bond acceptors (Lipinski definition) is 7. The van der Waals surface area contributed by atoms with E-state index in [4.69, 9.17) is 10.9 Å².